The van der Waals surface area contributed by atoms with Gasteiger partial charge in [-0.2, -0.15) is 0 Å². The van der Waals surface area contributed by atoms with E-state index >= 15 is 0 Å². The van der Waals surface area contributed by atoms with Crippen molar-refractivity contribution < 1.29 is 9.59 Å². The number of hydrogen-bond acceptors (Lipinski definition) is 2. The van der Waals surface area contributed by atoms with Crippen molar-refractivity contribution >= 4 is 11.8 Å². The van der Waals surface area contributed by atoms with Gasteiger partial charge in [-0.3, -0.25) is 9.59 Å². The Morgan fingerprint density at radius 2 is 0.595 bits per heavy atom. The predicted octanol–water partition coefficient (Wildman–Crippen LogP) is 9.79. The Morgan fingerprint density at radius 3 is 0.892 bits per heavy atom. The molecule has 0 aliphatic rings. The van der Waals surface area contributed by atoms with Crippen LogP contribution in [0.15, 0.2) is 0 Å². The second-order valence-electron chi connectivity index (χ2n) is 11.3. The molecule has 0 aliphatic heterocycles. The van der Waals surface area contributed by atoms with Gasteiger partial charge in [0.1, 0.15) is 0 Å². The maximum atomic E-state index is 12.0. The molecular weight excluding hydrogens is 456 g/mol. The molecule has 2 N–H and O–H groups in total. The van der Waals surface area contributed by atoms with E-state index < -0.39 is 0 Å². The average molecular weight is 523 g/mol. The SMILES string of the molecule is CCCCCCCCCCCNC(=O)CCCCCCCCCC(=O)NCCCCCCCCCCC. The minimum atomic E-state index is 0.230. The van der Waals surface area contributed by atoms with Crippen LogP contribution in [0.2, 0.25) is 0 Å². The first-order valence-electron chi connectivity index (χ1n) is 16.7. The van der Waals surface area contributed by atoms with E-state index in [1.807, 2.05) is 0 Å². The lowest BCUT2D eigenvalue weighted by molar-refractivity contribution is -0.122. The molecule has 0 saturated heterocycles. The number of rotatable bonds is 30. The third kappa shape index (κ3) is 31.1. The molecule has 4 heteroatoms. The molecule has 2 amide bonds. The number of amides is 2. The van der Waals surface area contributed by atoms with E-state index in [9.17, 15) is 9.59 Å². The first-order chi connectivity index (χ1) is 18.2. The summed E-state index contributed by atoms with van der Waals surface area (Å²) in [5.74, 6) is 0.459. The molecule has 0 aromatic heterocycles. The highest BCUT2D eigenvalue weighted by Gasteiger charge is 2.02. The Kier molecular flexibility index (Phi) is 30.3. The minimum Gasteiger partial charge on any atom is -0.356 e. The highest BCUT2D eigenvalue weighted by molar-refractivity contribution is 5.76. The Bertz CT molecular complexity index is 439. The standard InChI is InChI=1S/C33H66N2O2/c1-3-5-7-9-11-13-18-22-26-30-34-32(36)28-24-20-16-15-17-21-25-29-33(37)35-31-27-23-19-14-12-10-8-6-4-2/h3-31H2,1-2H3,(H,34,36)(H,35,37). The average Bonchev–Trinajstić information content (AvgIpc) is 2.89. The van der Waals surface area contributed by atoms with Gasteiger partial charge in [-0.1, -0.05) is 149 Å². The van der Waals surface area contributed by atoms with Crippen molar-refractivity contribution in [2.75, 3.05) is 13.1 Å². The van der Waals surface area contributed by atoms with Gasteiger partial charge in [-0.15, -0.1) is 0 Å². The summed E-state index contributed by atoms with van der Waals surface area (Å²) >= 11 is 0. The lowest BCUT2D eigenvalue weighted by atomic mass is 10.1. The number of hydrogen-bond donors (Lipinski definition) is 2. The van der Waals surface area contributed by atoms with Crippen LogP contribution < -0.4 is 10.6 Å². The molecule has 0 aromatic rings. The van der Waals surface area contributed by atoms with E-state index in [2.05, 4.69) is 24.5 Å². The van der Waals surface area contributed by atoms with Crippen LogP contribution in [-0.2, 0) is 9.59 Å². The fourth-order valence-corrected chi connectivity index (χ4v) is 4.96. The van der Waals surface area contributed by atoms with Gasteiger partial charge in [0.25, 0.3) is 0 Å². The quantitative estimate of drug-likeness (QED) is 0.0922. The molecule has 0 unspecified atom stereocenters. The Balaban J connectivity index is 3.24. The molecule has 0 radical (unpaired) electrons. The monoisotopic (exact) mass is 523 g/mol. The fraction of sp³-hybridized carbons (Fsp3) is 0.939. The third-order valence-electron chi connectivity index (χ3n) is 7.51. The van der Waals surface area contributed by atoms with Crippen molar-refractivity contribution in [1.29, 1.82) is 0 Å². The number of unbranched alkanes of at least 4 members (excludes halogenated alkanes) is 22. The normalized spacial score (nSPS) is 11.1. The van der Waals surface area contributed by atoms with Crippen molar-refractivity contribution in [2.45, 2.75) is 187 Å². The second kappa shape index (κ2) is 31.2. The second-order valence-corrected chi connectivity index (χ2v) is 11.3. The van der Waals surface area contributed by atoms with Crippen LogP contribution in [0.4, 0.5) is 0 Å². The molecule has 0 fully saturated rings. The molecule has 0 bridgehead atoms. The van der Waals surface area contributed by atoms with E-state index in [0.717, 1.165) is 51.6 Å². The van der Waals surface area contributed by atoms with Crippen LogP contribution in [0.5, 0.6) is 0 Å². The van der Waals surface area contributed by atoms with Gasteiger partial charge in [-0.05, 0) is 25.7 Å². The highest BCUT2D eigenvalue weighted by Crippen LogP contribution is 2.12. The zero-order valence-corrected chi connectivity index (χ0v) is 25.3. The van der Waals surface area contributed by atoms with Gasteiger partial charge in [0, 0.05) is 25.9 Å². The van der Waals surface area contributed by atoms with Crippen LogP contribution in [0.3, 0.4) is 0 Å². The summed E-state index contributed by atoms with van der Waals surface area (Å²) in [7, 11) is 0. The lowest BCUT2D eigenvalue weighted by Crippen LogP contribution is -2.24. The maximum absolute atomic E-state index is 12.0. The van der Waals surface area contributed by atoms with E-state index in [0.29, 0.717) is 12.8 Å². The Morgan fingerprint density at radius 1 is 0.351 bits per heavy atom. The molecule has 0 aliphatic carbocycles. The van der Waals surface area contributed by atoms with Crippen molar-refractivity contribution in [3.8, 4) is 0 Å². The Labute approximate surface area is 232 Å². The number of carbonyl (C=O) groups excluding carboxylic acids is 2. The zero-order chi connectivity index (χ0) is 27.1. The van der Waals surface area contributed by atoms with E-state index in [1.54, 1.807) is 0 Å². The summed E-state index contributed by atoms with van der Waals surface area (Å²) in [6, 6.07) is 0. The van der Waals surface area contributed by atoms with Gasteiger partial charge < -0.3 is 10.6 Å². The lowest BCUT2D eigenvalue weighted by Gasteiger charge is -2.06. The molecule has 4 nitrogen and oxygen atoms in total. The van der Waals surface area contributed by atoms with Crippen LogP contribution in [0, 0.1) is 0 Å². The minimum absolute atomic E-state index is 0.230. The summed E-state index contributed by atoms with van der Waals surface area (Å²) in [6.45, 7) is 6.22. The van der Waals surface area contributed by atoms with E-state index in [4.69, 9.17) is 0 Å². The molecule has 0 atom stereocenters. The van der Waals surface area contributed by atoms with Crippen molar-refractivity contribution in [3.63, 3.8) is 0 Å². The first-order valence-corrected chi connectivity index (χ1v) is 16.7. The van der Waals surface area contributed by atoms with Crippen LogP contribution in [0.1, 0.15) is 187 Å². The molecule has 0 saturated carbocycles. The van der Waals surface area contributed by atoms with Crippen LogP contribution in [-0.4, -0.2) is 24.9 Å². The van der Waals surface area contributed by atoms with Crippen molar-refractivity contribution in [1.82, 2.24) is 10.6 Å². The highest BCUT2D eigenvalue weighted by atomic mass is 16.2. The largest absolute Gasteiger partial charge is 0.356 e. The molecule has 0 rings (SSSR count). The molecule has 37 heavy (non-hydrogen) atoms. The van der Waals surface area contributed by atoms with Crippen LogP contribution >= 0.6 is 0 Å². The van der Waals surface area contributed by atoms with Gasteiger partial charge in [0.15, 0.2) is 0 Å². The molecule has 0 heterocycles. The van der Waals surface area contributed by atoms with E-state index in [-0.39, 0.29) is 11.8 Å². The number of nitrogens with one attached hydrogen (secondary N) is 2. The molecule has 0 spiro atoms. The Hall–Kier alpha value is -1.06. The molecule has 220 valence electrons. The van der Waals surface area contributed by atoms with E-state index in [1.165, 1.54) is 122 Å². The molecular formula is C33H66N2O2. The smallest absolute Gasteiger partial charge is 0.219 e. The van der Waals surface area contributed by atoms with Gasteiger partial charge >= 0.3 is 0 Å². The predicted molar refractivity (Wildman–Crippen MR) is 162 cm³/mol. The number of carbonyl (C=O) groups is 2. The summed E-state index contributed by atoms with van der Waals surface area (Å²) in [6.07, 6.45) is 33.1. The van der Waals surface area contributed by atoms with Gasteiger partial charge in [0.2, 0.25) is 11.8 Å². The van der Waals surface area contributed by atoms with Gasteiger partial charge in [-0.25, -0.2) is 0 Å². The summed E-state index contributed by atoms with van der Waals surface area (Å²) in [5, 5.41) is 6.18. The maximum Gasteiger partial charge on any atom is 0.219 e. The summed E-state index contributed by atoms with van der Waals surface area (Å²) in [5.41, 5.74) is 0. The molecule has 0 aromatic carbocycles. The van der Waals surface area contributed by atoms with Gasteiger partial charge in [0.05, 0.1) is 0 Å². The first kappa shape index (κ1) is 35.9. The fourth-order valence-electron chi connectivity index (χ4n) is 4.96. The van der Waals surface area contributed by atoms with Crippen molar-refractivity contribution in [2.24, 2.45) is 0 Å². The summed E-state index contributed by atoms with van der Waals surface area (Å²) in [4.78, 5) is 23.9. The zero-order valence-electron chi connectivity index (χ0n) is 25.3. The third-order valence-corrected chi connectivity index (χ3v) is 7.51. The topological polar surface area (TPSA) is 58.2 Å². The summed E-state index contributed by atoms with van der Waals surface area (Å²) < 4.78 is 0. The van der Waals surface area contributed by atoms with Crippen molar-refractivity contribution in [3.05, 3.63) is 0 Å². The van der Waals surface area contributed by atoms with Crippen LogP contribution in [0.25, 0.3) is 0 Å².